The largest absolute Gasteiger partial charge is 0.507 e. The molecule has 3 N–H and O–H groups in total. The number of amides is 4. The van der Waals surface area contributed by atoms with Crippen LogP contribution in [0.4, 0.5) is 0 Å². The molecule has 1 aliphatic rings. The lowest BCUT2D eigenvalue weighted by Crippen LogP contribution is -2.35. The molecule has 0 fully saturated rings. The van der Waals surface area contributed by atoms with Gasteiger partial charge < -0.3 is 15.7 Å². The van der Waals surface area contributed by atoms with Crippen LogP contribution in [0.3, 0.4) is 0 Å². The summed E-state index contributed by atoms with van der Waals surface area (Å²) >= 11 is 0. The Hall–Kier alpha value is -3.68. The highest BCUT2D eigenvalue weighted by atomic mass is 16.3. The van der Waals surface area contributed by atoms with Gasteiger partial charge in [0, 0.05) is 26.1 Å². The maximum atomic E-state index is 12.2. The number of rotatable bonds is 8. The van der Waals surface area contributed by atoms with Crippen LogP contribution in [-0.4, -0.2) is 53.3 Å². The molecule has 4 amide bonds. The lowest BCUT2D eigenvalue weighted by molar-refractivity contribution is -0.121. The van der Waals surface area contributed by atoms with Crippen LogP contribution in [0.15, 0.2) is 48.5 Å². The number of hydrogen-bond donors (Lipinski definition) is 3. The van der Waals surface area contributed by atoms with Gasteiger partial charge in [0.15, 0.2) is 0 Å². The fourth-order valence-electron chi connectivity index (χ4n) is 3.07. The van der Waals surface area contributed by atoms with E-state index in [1.54, 1.807) is 36.4 Å². The van der Waals surface area contributed by atoms with Gasteiger partial charge in [0.05, 0.1) is 16.7 Å². The number of hydrogen-bond acceptors (Lipinski definition) is 5. The maximum Gasteiger partial charge on any atom is 0.261 e. The SMILES string of the molecule is O=C(CCCN1C(=O)c2ccccc2C1=O)NCCNC(=O)c1ccccc1O. The summed E-state index contributed by atoms with van der Waals surface area (Å²) in [5.41, 5.74) is 0.948. The molecule has 0 bridgehead atoms. The number of nitrogens with one attached hydrogen (secondary N) is 2. The molecule has 150 valence electrons. The van der Waals surface area contributed by atoms with Gasteiger partial charge in [-0.2, -0.15) is 0 Å². The first kappa shape index (κ1) is 20.1. The number of imide groups is 1. The summed E-state index contributed by atoms with van der Waals surface area (Å²) in [6, 6.07) is 12.8. The molecule has 2 aromatic carbocycles. The van der Waals surface area contributed by atoms with Crippen LogP contribution in [0.25, 0.3) is 0 Å². The molecule has 29 heavy (non-hydrogen) atoms. The lowest BCUT2D eigenvalue weighted by Gasteiger charge is -2.13. The minimum Gasteiger partial charge on any atom is -0.507 e. The van der Waals surface area contributed by atoms with E-state index in [-0.39, 0.29) is 55.1 Å². The Labute approximate surface area is 167 Å². The second kappa shape index (κ2) is 9.01. The molecule has 0 saturated carbocycles. The summed E-state index contributed by atoms with van der Waals surface area (Å²) in [6.45, 7) is 0.603. The van der Waals surface area contributed by atoms with Gasteiger partial charge in [-0.3, -0.25) is 24.1 Å². The number of carbonyl (C=O) groups excluding carboxylic acids is 4. The summed E-state index contributed by atoms with van der Waals surface area (Å²) in [7, 11) is 0. The van der Waals surface area contributed by atoms with E-state index in [2.05, 4.69) is 10.6 Å². The van der Waals surface area contributed by atoms with E-state index in [0.717, 1.165) is 4.90 Å². The van der Waals surface area contributed by atoms with Crippen molar-refractivity contribution in [3.8, 4) is 5.75 Å². The number of benzene rings is 2. The fourth-order valence-corrected chi connectivity index (χ4v) is 3.07. The lowest BCUT2D eigenvalue weighted by atomic mass is 10.1. The average molecular weight is 395 g/mol. The van der Waals surface area contributed by atoms with E-state index < -0.39 is 5.91 Å². The van der Waals surface area contributed by atoms with Gasteiger partial charge in [-0.1, -0.05) is 24.3 Å². The van der Waals surface area contributed by atoms with E-state index in [0.29, 0.717) is 17.5 Å². The van der Waals surface area contributed by atoms with Gasteiger partial charge in [0.25, 0.3) is 17.7 Å². The Morgan fingerprint density at radius 3 is 2.10 bits per heavy atom. The zero-order valence-corrected chi connectivity index (χ0v) is 15.7. The van der Waals surface area contributed by atoms with Crippen molar-refractivity contribution in [2.75, 3.05) is 19.6 Å². The molecule has 0 atom stereocenters. The number of phenols is 1. The van der Waals surface area contributed by atoms with Crippen molar-refractivity contribution in [2.45, 2.75) is 12.8 Å². The summed E-state index contributed by atoms with van der Waals surface area (Å²) < 4.78 is 0. The minimum absolute atomic E-state index is 0.109. The van der Waals surface area contributed by atoms with Crippen molar-refractivity contribution in [1.29, 1.82) is 0 Å². The second-order valence-electron chi connectivity index (χ2n) is 6.53. The van der Waals surface area contributed by atoms with Gasteiger partial charge in [0.1, 0.15) is 5.75 Å². The van der Waals surface area contributed by atoms with Crippen LogP contribution in [0.5, 0.6) is 5.75 Å². The molecule has 0 unspecified atom stereocenters. The summed E-state index contributed by atoms with van der Waals surface area (Å²) in [5.74, 6) is -1.45. The molecule has 1 aliphatic heterocycles. The first-order valence-corrected chi connectivity index (χ1v) is 9.27. The number of nitrogens with zero attached hydrogens (tertiary/aromatic N) is 1. The topological polar surface area (TPSA) is 116 Å². The molecule has 0 spiro atoms. The average Bonchev–Trinajstić information content (AvgIpc) is 2.96. The quantitative estimate of drug-likeness (QED) is 0.460. The maximum absolute atomic E-state index is 12.2. The Morgan fingerprint density at radius 2 is 1.45 bits per heavy atom. The Kier molecular flexibility index (Phi) is 6.23. The van der Waals surface area contributed by atoms with Crippen molar-refractivity contribution in [2.24, 2.45) is 0 Å². The predicted molar refractivity (Wildman–Crippen MR) is 104 cm³/mol. The number of phenolic OH excluding ortho intramolecular Hbond substituents is 1. The minimum atomic E-state index is -0.428. The summed E-state index contributed by atoms with van der Waals surface area (Å²) in [5, 5.41) is 14.9. The van der Waals surface area contributed by atoms with Gasteiger partial charge in [-0.15, -0.1) is 0 Å². The van der Waals surface area contributed by atoms with Crippen molar-refractivity contribution >= 4 is 23.6 Å². The van der Waals surface area contributed by atoms with Crippen molar-refractivity contribution in [3.63, 3.8) is 0 Å². The normalized spacial score (nSPS) is 12.6. The zero-order valence-electron chi connectivity index (χ0n) is 15.7. The van der Waals surface area contributed by atoms with Crippen LogP contribution >= 0.6 is 0 Å². The highest BCUT2D eigenvalue weighted by Crippen LogP contribution is 2.22. The summed E-state index contributed by atoms with van der Waals surface area (Å²) in [6.07, 6.45) is 0.502. The van der Waals surface area contributed by atoms with Crippen LogP contribution in [-0.2, 0) is 4.79 Å². The highest BCUT2D eigenvalue weighted by molar-refractivity contribution is 6.21. The first-order chi connectivity index (χ1) is 14.0. The second-order valence-corrected chi connectivity index (χ2v) is 6.53. The smallest absolute Gasteiger partial charge is 0.261 e. The Morgan fingerprint density at radius 1 is 0.862 bits per heavy atom. The molecular weight excluding hydrogens is 374 g/mol. The third-order valence-electron chi connectivity index (χ3n) is 4.55. The molecular formula is C21H21N3O5. The third-order valence-corrected chi connectivity index (χ3v) is 4.55. The molecule has 0 saturated heterocycles. The molecule has 2 aromatic rings. The molecule has 1 heterocycles. The molecule has 0 radical (unpaired) electrons. The molecule has 0 aliphatic carbocycles. The number of carbonyl (C=O) groups is 4. The summed E-state index contributed by atoms with van der Waals surface area (Å²) in [4.78, 5) is 49.5. The molecule has 8 nitrogen and oxygen atoms in total. The first-order valence-electron chi connectivity index (χ1n) is 9.27. The molecule has 0 aromatic heterocycles. The molecule has 8 heteroatoms. The highest BCUT2D eigenvalue weighted by Gasteiger charge is 2.34. The zero-order chi connectivity index (χ0) is 20.8. The van der Waals surface area contributed by atoms with Crippen LogP contribution in [0.1, 0.15) is 43.9 Å². The Bertz CT molecular complexity index is 922. The third kappa shape index (κ3) is 4.60. The molecule has 3 rings (SSSR count). The number of fused-ring (bicyclic) bond motifs is 1. The monoisotopic (exact) mass is 395 g/mol. The van der Waals surface area contributed by atoms with Gasteiger partial charge in [-0.25, -0.2) is 0 Å². The van der Waals surface area contributed by atoms with Crippen LogP contribution in [0.2, 0.25) is 0 Å². The van der Waals surface area contributed by atoms with Crippen LogP contribution < -0.4 is 10.6 Å². The number of para-hydroxylation sites is 1. The number of aromatic hydroxyl groups is 1. The van der Waals surface area contributed by atoms with Crippen LogP contribution in [0, 0.1) is 0 Å². The van der Waals surface area contributed by atoms with E-state index in [9.17, 15) is 24.3 Å². The Balaban J connectivity index is 1.35. The standard InChI is InChI=1S/C21H21N3O5/c25-17-9-4-3-8-16(17)19(27)23-12-11-22-18(26)10-5-13-24-20(28)14-6-1-2-7-15(14)21(24)29/h1-4,6-9,25H,5,10-13H2,(H,22,26)(H,23,27). The van der Waals surface area contributed by atoms with Gasteiger partial charge in [0.2, 0.25) is 5.91 Å². The van der Waals surface area contributed by atoms with E-state index in [4.69, 9.17) is 0 Å². The predicted octanol–water partition coefficient (Wildman–Crippen LogP) is 1.31. The van der Waals surface area contributed by atoms with Crippen molar-refractivity contribution < 1.29 is 24.3 Å². The van der Waals surface area contributed by atoms with E-state index >= 15 is 0 Å². The fraction of sp³-hybridized carbons (Fsp3) is 0.238. The van der Waals surface area contributed by atoms with E-state index in [1.807, 2.05) is 0 Å². The van der Waals surface area contributed by atoms with Gasteiger partial charge >= 0.3 is 0 Å². The van der Waals surface area contributed by atoms with Crippen molar-refractivity contribution in [1.82, 2.24) is 15.5 Å². The van der Waals surface area contributed by atoms with Crippen molar-refractivity contribution in [3.05, 3.63) is 65.2 Å². The van der Waals surface area contributed by atoms with E-state index in [1.165, 1.54) is 12.1 Å². The van der Waals surface area contributed by atoms with Gasteiger partial charge in [-0.05, 0) is 30.7 Å².